The van der Waals surface area contributed by atoms with Gasteiger partial charge in [0.2, 0.25) is 0 Å². The summed E-state index contributed by atoms with van der Waals surface area (Å²) >= 11 is 0. The summed E-state index contributed by atoms with van der Waals surface area (Å²) < 4.78 is 117. The van der Waals surface area contributed by atoms with Crippen LogP contribution in [0.1, 0.15) is 0 Å². The van der Waals surface area contributed by atoms with Gasteiger partial charge in [-0.25, -0.2) is 21.0 Å². The Morgan fingerprint density at radius 3 is 1.95 bits per heavy atom. The average Bonchev–Trinajstić information content (AvgIpc) is 2.91. The molecule has 0 saturated heterocycles. The third kappa shape index (κ3) is 8.47. The highest BCUT2D eigenvalue weighted by molar-refractivity contribution is 7.94. The molecule has 3 aromatic carbocycles. The summed E-state index contributed by atoms with van der Waals surface area (Å²) in [5, 5.41) is 16.1. The molecule has 17 nitrogen and oxygen atoms in total. The van der Waals surface area contributed by atoms with Gasteiger partial charge in [-0.15, -0.1) is 15.3 Å². The number of hydrogen-bond donors (Lipinski definition) is 4. The monoisotopic (exact) mass is 674 g/mol. The number of benzene rings is 3. The van der Waals surface area contributed by atoms with Crippen molar-refractivity contribution in [1.82, 2.24) is 0 Å². The van der Waals surface area contributed by atoms with Gasteiger partial charge in [0.25, 0.3) is 10.1 Å². The summed E-state index contributed by atoms with van der Waals surface area (Å²) in [6, 6.07) is 10.8. The van der Waals surface area contributed by atoms with Crippen LogP contribution < -0.4 is 11.5 Å². The standard InChI is InChI=1S/C22H22N6O11S4/c1-2-40(29,30)15-9-7-14(8-10-15)25-28-22-20(23)17(13-19(21(22)24)42(33,34)35)27-26-16-5-3-4-6-18(16)41(31,32)12-11-39-43(36,37)38/h2-10,13H,1,11-12,23-24H2,(H,33,34,35)(H,36,37,38). The predicted octanol–water partition coefficient (Wildman–Crippen LogP) is 3.44. The van der Waals surface area contributed by atoms with E-state index in [1.807, 2.05) is 0 Å². The minimum Gasteiger partial charge on any atom is -0.396 e. The van der Waals surface area contributed by atoms with E-state index in [0.717, 1.165) is 17.5 Å². The summed E-state index contributed by atoms with van der Waals surface area (Å²) in [5.74, 6) is -0.874. The van der Waals surface area contributed by atoms with E-state index in [2.05, 4.69) is 31.2 Å². The molecule has 0 aliphatic carbocycles. The van der Waals surface area contributed by atoms with Crippen molar-refractivity contribution < 1.29 is 47.0 Å². The number of nitrogens with two attached hydrogens (primary N) is 2. The van der Waals surface area contributed by atoms with Crippen LogP contribution in [0.25, 0.3) is 0 Å². The van der Waals surface area contributed by atoms with Crippen molar-refractivity contribution in [3.8, 4) is 0 Å². The van der Waals surface area contributed by atoms with E-state index in [1.54, 1.807) is 0 Å². The van der Waals surface area contributed by atoms with E-state index in [9.17, 15) is 38.2 Å². The molecule has 0 aliphatic heterocycles. The van der Waals surface area contributed by atoms with Crippen LogP contribution in [0.3, 0.4) is 0 Å². The van der Waals surface area contributed by atoms with Crippen LogP contribution in [0.4, 0.5) is 34.1 Å². The first-order chi connectivity index (χ1) is 19.9. The fourth-order valence-corrected chi connectivity index (χ4v) is 6.22. The van der Waals surface area contributed by atoms with Crippen molar-refractivity contribution in [1.29, 1.82) is 0 Å². The fraction of sp³-hybridized carbons (Fsp3) is 0.0909. The van der Waals surface area contributed by atoms with Gasteiger partial charge in [0.05, 0.1) is 39.2 Å². The van der Waals surface area contributed by atoms with Crippen molar-refractivity contribution in [2.24, 2.45) is 20.5 Å². The van der Waals surface area contributed by atoms with Gasteiger partial charge >= 0.3 is 10.4 Å². The van der Waals surface area contributed by atoms with Gasteiger partial charge < -0.3 is 11.5 Å². The van der Waals surface area contributed by atoms with Crippen LogP contribution in [0.5, 0.6) is 0 Å². The van der Waals surface area contributed by atoms with E-state index >= 15 is 0 Å². The highest BCUT2D eigenvalue weighted by Crippen LogP contribution is 2.43. The Morgan fingerprint density at radius 2 is 1.37 bits per heavy atom. The number of nitrogens with zero attached hydrogens (tertiary/aromatic N) is 4. The fourth-order valence-electron chi connectivity index (χ4n) is 3.24. The molecule has 0 unspecified atom stereocenters. The zero-order valence-electron chi connectivity index (χ0n) is 21.5. The van der Waals surface area contributed by atoms with E-state index in [1.165, 1.54) is 42.5 Å². The van der Waals surface area contributed by atoms with Crippen LogP contribution in [0.15, 0.2) is 102 Å². The lowest BCUT2D eigenvalue weighted by Gasteiger charge is -2.11. The summed E-state index contributed by atoms with van der Waals surface area (Å²) in [6.07, 6.45) is 0. The Kier molecular flexibility index (Phi) is 9.80. The average molecular weight is 675 g/mol. The van der Waals surface area contributed by atoms with Gasteiger partial charge in [-0.3, -0.25) is 9.11 Å². The lowest BCUT2D eigenvalue weighted by molar-refractivity contribution is 0.284. The van der Waals surface area contributed by atoms with Crippen LogP contribution >= 0.6 is 0 Å². The number of hydrogen-bond acceptors (Lipinski definition) is 15. The molecule has 0 heterocycles. The van der Waals surface area contributed by atoms with Gasteiger partial charge in [-0.1, -0.05) is 18.7 Å². The van der Waals surface area contributed by atoms with Gasteiger partial charge in [-0.05, 0) is 42.5 Å². The van der Waals surface area contributed by atoms with Gasteiger partial charge in [0.1, 0.15) is 22.0 Å². The smallest absolute Gasteiger partial charge is 0.396 e. The third-order valence-electron chi connectivity index (χ3n) is 5.30. The molecule has 0 spiro atoms. The van der Waals surface area contributed by atoms with Crippen LogP contribution in [0, 0.1) is 0 Å². The van der Waals surface area contributed by atoms with E-state index in [-0.39, 0.29) is 22.0 Å². The Hall–Kier alpha value is -4.12. The molecule has 230 valence electrons. The predicted molar refractivity (Wildman–Crippen MR) is 153 cm³/mol. The van der Waals surface area contributed by atoms with Gasteiger partial charge in [0.15, 0.2) is 19.7 Å². The van der Waals surface area contributed by atoms with Crippen LogP contribution in [-0.2, 0) is 44.4 Å². The molecule has 3 rings (SSSR count). The Morgan fingerprint density at radius 1 is 0.767 bits per heavy atom. The summed E-state index contributed by atoms with van der Waals surface area (Å²) in [6.45, 7) is 2.32. The molecular formula is C22H22N6O11S4. The molecule has 6 N–H and O–H groups in total. The van der Waals surface area contributed by atoms with E-state index < -0.39 is 79.4 Å². The highest BCUT2D eigenvalue weighted by Gasteiger charge is 2.23. The molecule has 0 amide bonds. The number of anilines is 2. The van der Waals surface area contributed by atoms with Gasteiger partial charge in [-0.2, -0.15) is 21.9 Å². The number of rotatable bonds is 12. The molecule has 0 saturated carbocycles. The van der Waals surface area contributed by atoms with Crippen molar-refractivity contribution in [2.75, 3.05) is 23.8 Å². The first kappa shape index (κ1) is 33.4. The van der Waals surface area contributed by atoms with E-state index in [0.29, 0.717) is 0 Å². The minimum atomic E-state index is -4.98. The molecule has 0 atom stereocenters. The Bertz CT molecular complexity index is 2060. The highest BCUT2D eigenvalue weighted by atomic mass is 32.3. The molecule has 0 bridgehead atoms. The SMILES string of the molecule is C=CS(=O)(=O)c1ccc(N=Nc2c(N)c(N=Nc3ccccc3S(=O)(=O)CCOS(=O)(=O)O)cc(S(=O)(=O)O)c2N)cc1. The van der Waals surface area contributed by atoms with E-state index in [4.69, 9.17) is 16.0 Å². The second-order valence-corrected chi connectivity index (χ2v) is 14.6. The van der Waals surface area contributed by atoms with Gasteiger partial charge in [0, 0.05) is 5.41 Å². The maximum absolute atomic E-state index is 12.7. The molecule has 3 aromatic rings. The molecule has 43 heavy (non-hydrogen) atoms. The third-order valence-corrected chi connectivity index (χ3v) is 9.74. The Labute approximate surface area is 246 Å². The van der Waals surface area contributed by atoms with Crippen molar-refractivity contribution >= 4 is 74.3 Å². The first-order valence-electron chi connectivity index (χ1n) is 11.3. The molecule has 0 aliphatic rings. The summed E-state index contributed by atoms with van der Waals surface area (Å²) in [4.78, 5) is -1.38. The summed E-state index contributed by atoms with van der Waals surface area (Å²) in [5.41, 5.74) is 9.89. The maximum Gasteiger partial charge on any atom is 0.397 e. The topological polar surface area (TPSA) is 288 Å². The molecule has 0 radical (unpaired) electrons. The lowest BCUT2D eigenvalue weighted by Crippen LogP contribution is -2.15. The van der Waals surface area contributed by atoms with Crippen molar-refractivity contribution in [3.05, 3.63) is 66.6 Å². The number of nitrogen functional groups attached to an aromatic ring is 2. The normalized spacial score (nSPS) is 13.1. The maximum atomic E-state index is 12.7. The molecule has 21 heteroatoms. The number of azo groups is 2. The zero-order chi connectivity index (χ0) is 32.2. The molecule has 0 aromatic heterocycles. The Balaban J connectivity index is 2.06. The van der Waals surface area contributed by atoms with Crippen LogP contribution in [0.2, 0.25) is 0 Å². The molecular weight excluding hydrogens is 653 g/mol. The minimum absolute atomic E-state index is 0.0789. The zero-order valence-corrected chi connectivity index (χ0v) is 24.8. The second-order valence-electron chi connectivity index (χ2n) is 8.19. The van der Waals surface area contributed by atoms with Crippen molar-refractivity contribution in [3.63, 3.8) is 0 Å². The largest absolute Gasteiger partial charge is 0.397 e. The quantitative estimate of drug-likeness (QED) is 0.122. The number of sulfone groups is 2. The second kappa shape index (κ2) is 12.6. The summed E-state index contributed by atoms with van der Waals surface area (Å²) in [7, 11) is -17.8. The van der Waals surface area contributed by atoms with Crippen molar-refractivity contribution in [2.45, 2.75) is 14.7 Å². The molecule has 0 fully saturated rings. The van der Waals surface area contributed by atoms with Crippen LogP contribution in [-0.4, -0.2) is 55.1 Å². The first-order valence-corrected chi connectivity index (χ1v) is 17.3. The lowest BCUT2D eigenvalue weighted by atomic mass is 10.2.